The number of amides is 1. The summed E-state index contributed by atoms with van der Waals surface area (Å²) in [6.45, 7) is 10.3. The molecule has 22 heavy (non-hydrogen) atoms. The standard InChI is InChI=1S/C17H23N3O2/c1-11-6-7-12(2)13(8-11)18-10-15(21)19-16-9-14(20-22-16)17(3,4)5/h6-9,18H,10H2,1-5H3,(H,19,21). The molecule has 5 heteroatoms. The maximum Gasteiger partial charge on any atom is 0.246 e. The quantitative estimate of drug-likeness (QED) is 0.904. The van der Waals surface area contributed by atoms with E-state index in [0.29, 0.717) is 5.88 Å². The van der Waals surface area contributed by atoms with Gasteiger partial charge in [0.15, 0.2) is 0 Å². The first-order chi connectivity index (χ1) is 10.3. The van der Waals surface area contributed by atoms with Crippen LogP contribution in [0.4, 0.5) is 11.6 Å². The Bertz CT molecular complexity index is 669. The predicted molar refractivity (Wildman–Crippen MR) is 88.2 cm³/mol. The van der Waals surface area contributed by atoms with Crippen LogP contribution < -0.4 is 10.6 Å². The second-order valence-corrected chi connectivity index (χ2v) is 6.55. The van der Waals surface area contributed by atoms with Crippen LogP contribution in [0.1, 0.15) is 37.6 Å². The molecule has 1 aromatic carbocycles. The molecule has 118 valence electrons. The van der Waals surface area contributed by atoms with Gasteiger partial charge in [-0.3, -0.25) is 10.1 Å². The molecule has 2 rings (SSSR count). The molecule has 0 saturated heterocycles. The van der Waals surface area contributed by atoms with E-state index in [0.717, 1.165) is 22.5 Å². The third-order valence-corrected chi connectivity index (χ3v) is 3.37. The molecular formula is C17H23N3O2. The lowest BCUT2D eigenvalue weighted by Crippen LogP contribution is -2.21. The first kappa shape index (κ1) is 16.1. The van der Waals surface area contributed by atoms with Gasteiger partial charge in [-0.2, -0.15) is 0 Å². The first-order valence-electron chi connectivity index (χ1n) is 7.34. The summed E-state index contributed by atoms with van der Waals surface area (Å²) < 4.78 is 5.15. The van der Waals surface area contributed by atoms with E-state index in [9.17, 15) is 4.79 Å². The Morgan fingerprint density at radius 2 is 1.95 bits per heavy atom. The second-order valence-electron chi connectivity index (χ2n) is 6.55. The summed E-state index contributed by atoms with van der Waals surface area (Å²) in [6, 6.07) is 7.86. The van der Waals surface area contributed by atoms with Crippen LogP contribution in [-0.4, -0.2) is 17.6 Å². The lowest BCUT2D eigenvalue weighted by atomic mass is 9.92. The molecule has 0 saturated carbocycles. The molecular weight excluding hydrogens is 278 g/mol. The van der Waals surface area contributed by atoms with E-state index in [-0.39, 0.29) is 17.9 Å². The minimum atomic E-state index is -0.169. The molecule has 1 amide bonds. The third-order valence-electron chi connectivity index (χ3n) is 3.37. The van der Waals surface area contributed by atoms with Crippen LogP contribution in [0, 0.1) is 13.8 Å². The number of anilines is 2. The predicted octanol–water partition coefficient (Wildman–Crippen LogP) is 3.64. The Hall–Kier alpha value is -2.30. The SMILES string of the molecule is Cc1ccc(C)c(NCC(=O)Nc2cc(C(C)(C)C)no2)c1. The van der Waals surface area contributed by atoms with E-state index >= 15 is 0 Å². The highest BCUT2D eigenvalue weighted by atomic mass is 16.5. The molecule has 0 aliphatic carbocycles. The Morgan fingerprint density at radius 3 is 2.59 bits per heavy atom. The Kier molecular flexibility index (Phi) is 4.54. The molecule has 0 spiro atoms. The fourth-order valence-corrected chi connectivity index (χ4v) is 1.97. The smallest absolute Gasteiger partial charge is 0.246 e. The molecule has 2 N–H and O–H groups in total. The van der Waals surface area contributed by atoms with Gasteiger partial charge < -0.3 is 9.84 Å². The molecule has 1 aromatic heterocycles. The van der Waals surface area contributed by atoms with Crippen LogP contribution in [0.2, 0.25) is 0 Å². The summed E-state index contributed by atoms with van der Waals surface area (Å²) in [5.74, 6) is 0.204. The average molecular weight is 301 g/mol. The van der Waals surface area contributed by atoms with Gasteiger partial charge in [0.05, 0.1) is 12.2 Å². The average Bonchev–Trinajstić information content (AvgIpc) is 2.88. The van der Waals surface area contributed by atoms with Gasteiger partial charge in [0.1, 0.15) is 0 Å². The summed E-state index contributed by atoms with van der Waals surface area (Å²) in [6.07, 6.45) is 0. The highest BCUT2D eigenvalue weighted by Crippen LogP contribution is 2.23. The van der Waals surface area contributed by atoms with Crippen molar-refractivity contribution in [1.82, 2.24) is 5.16 Å². The molecule has 0 aliphatic heterocycles. The number of hydrogen-bond donors (Lipinski definition) is 2. The van der Waals surface area contributed by atoms with Crippen molar-refractivity contribution in [1.29, 1.82) is 0 Å². The highest BCUT2D eigenvalue weighted by Gasteiger charge is 2.19. The van der Waals surface area contributed by atoms with E-state index in [1.54, 1.807) is 6.07 Å². The first-order valence-corrected chi connectivity index (χ1v) is 7.34. The van der Waals surface area contributed by atoms with Gasteiger partial charge in [-0.1, -0.05) is 38.1 Å². The van der Waals surface area contributed by atoms with E-state index < -0.39 is 0 Å². The number of nitrogens with one attached hydrogen (secondary N) is 2. The monoisotopic (exact) mass is 301 g/mol. The lowest BCUT2D eigenvalue weighted by molar-refractivity contribution is -0.114. The topological polar surface area (TPSA) is 67.2 Å². The fraction of sp³-hybridized carbons (Fsp3) is 0.412. The van der Waals surface area contributed by atoms with Crippen LogP contribution in [0.3, 0.4) is 0 Å². The second kappa shape index (κ2) is 6.22. The highest BCUT2D eigenvalue weighted by molar-refractivity contribution is 5.92. The number of benzene rings is 1. The van der Waals surface area contributed by atoms with Gasteiger partial charge >= 0.3 is 0 Å². The zero-order chi connectivity index (χ0) is 16.3. The number of rotatable bonds is 4. The van der Waals surface area contributed by atoms with E-state index in [4.69, 9.17) is 4.52 Å². The molecule has 5 nitrogen and oxygen atoms in total. The fourth-order valence-electron chi connectivity index (χ4n) is 1.97. The van der Waals surface area contributed by atoms with Gasteiger partial charge in [0.25, 0.3) is 0 Å². The van der Waals surface area contributed by atoms with Crippen LogP contribution in [0.5, 0.6) is 0 Å². The normalized spacial score (nSPS) is 11.3. The molecule has 0 unspecified atom stereocenters. The maximum atomic E-state index is 12.0. The lowest BCUT2D eigenvalue weighted by Gasteiger charge is -2.12. The molecule has 2 aromatic rings. The number of hydrogen-bond acceptors (Lipinski definition) is 4. The zero-order valence-electron chi connectivity index (χ0n) is 13.8. The van der Waals surface area contributed by atoms with Crippen LogP contribution in [0.25, 0.3) is 0 Å². The summed E-state index contributed by atoms with van der Waals surface area (Å²) in [5, 5.41) is 9.82. The Balaban J connectivity index is 1.93. The number of carbonyl (C=O) groups is 1. The minimum absolute atomic E-state index is 0.108. The van der Waals surface area contributed by atoms with Crippen molar-refractivity contribution in [2.75, 3.05) is 17.2 Å². The molecule has 0 bridgehead atoms. The zero-order valence-corrected chi connectivity index (χ0v) is 13.8. The summed E-state index contributed by atoms with van der Waals surface area (Å²) >= 11 is 0. The molecule has 0 radical (unpaired) electrons. The Morgan fingerprint density at radius 1 is 1.23 bits per heavy atom. The summed E-state index contributed by atoms with van der Waals surface area (Å²) in [7, 11) is 0. The Labute approximate surface area is 131 Å². The molecule has 0 atom stereocenters. The number of aryl methyl sites for hydroxylation is 2. The van der Waals surface area contributed by atoms with Gasteiger partial charge in [-0.15, -0.1) is 0 Å². The van der Waals surface area contributed by atoms with Crippen molar-refractivity contribution < 1.29 is 9.32 Å². The maximum absolute atomic E-state index is 12.0. The van der Waals surface area contributed by atoms with Crippen molar-refractivity contribution >= 4 is 17.5 Å². The van der Waals surface area contributed by atoms with Crippen molar-refractivity contribution in [3.8, 4) is 0 Å². The van der Waals surface area contributed by atoms with Crippen LogP contribution in [0.15, 0.2) is 28.8 Å². The largest absolute Gasteiger partial charge is 0.376 e. The van der Waals surface area contributed by atoms with Gasteiger partial charge in [0, 0.05) is 17.2 Å². The van der Waals surface area contributed by atoms with Crippen molar-refractivity contribution in [3.63, 3.8) is 0 Å². The third kappa shape index (κ3) is 4.10. The van der Waals surface area contributed by atoms with E-state index in [1.807, 2.05) is 52.8 Å². The molecule has 0 aliphatic rings. The van der Waals surface area contributed by atoms with Crippen molar-refractivity contribution in [2.24, 2.45) is 0 Å². The van der Waals surface area contributed by atoms with E-state index in [2.05, 4.69) is 15.8 Å². The summed E-state index contributed by atoms with van der Waals surface area (Å²) in [5.41, 5.74) is 3.92. The van der Waals surface area contributed by atoms with Gasteiger partial charge in [0.2, 0.25) is 11.8 Å². The van der Waals surface area contributed by atoms with E-state index in [1.165, 1.54) is 0 Å². The van der Waals surface area contributed by atoms with Crippen molar-refractivity contribution in [2.45, 2.75) is 40.0 Å². The number of nitrogens with zero attached hydrogens (tertiary/aromatic N) is 1. The molecule has 1 heterocycles. The van der Waals surface area contributed by atoms with Gasteiger partial charge in [-0.05, 0) is 31.0 Å². The number of carbonyl (C=O) groups excluding carboxylic acids is 1. The van der Waals surface area contributed by atoms with Crippen LogP contribution in [-0.2, 0) is 10.2 Å². The van der Waals surface area contributed by atoms with Gasteiger partial charge in [-0.25, -0.2) is 0 Å². The van der Waals surface area contributed by atoms with Crippen molar-refractivity contribution in [3.05, 3.63) is 41.1 Å². The van der Waals surface area contributed by atoms with Crippen LogP contribution >= 0.6 is 0 Å². The minimum Gasteiger partial charge on any atom is -0.376 e. The summed E-state index contributed by atoms with van der Waals surface area (Å²) in [4.78, 5) is 12.0. The molecule has 0 fully saturated rings. The number of aromatic nitrogens is 1.